The molecule has 2 fully saturated rings. The van der Waals surface area contributed by atoms with Gasteiger partial charge in [-0.1, -0.05) is 6.07 Å². The van der Waals surface area contributed by atoms with Gasteiger partial charge >= 0.3 is 0 Å². The molecular weight excluding hydrogens is 380 g/mol. The van der Waals surface area contributed by atoms with E-state index < -0.39 is 6.04 Å². The number of piperidine rings is 1. The molecule has 1 saturated heterocycles. The molecule has 1 amide bonds. The summed E-state index contributed by atoms with van der Waals surface area (Å²) in [5, 5.41) is 7.90. The van der Waals surface area contributed by atoms with Crippen LogP contribution >= 0.6 is 0 Å². The zero-order valence-electron chi connectivity index (χ0n) is 16.6. The van der Waals surface area contributed by atoms with Crippen molar-refractivity contribution in [2.24, 2.45) is 5.92 Å². The third-order valence-electron chi connectivity index (χ3n) is 6.93. The molecule has 30 heavy (non-hydrogen) atoms. The molecule has 1 N–H and O–H groups in total. The normalized spacial score (nSPS) is 25.6. The maximum Gasteiger partial charge on any atom is 0.251 e. The van der Waals surface area contributed by atoms with Crippen molar-refractivity contribution in [3.8, 4) is 0 Å². The van der Waals surface area contributed by atoms with Crippen LogP contribution in [0.5, 0.6) is 0 Å². The number of anilines is 1. The molecule has 3 aromatic rings. The topological polar surface area (TPSA) is 84.5 Å². The number of aromatic nitrogens is 4. The number of imidazole rings is 1. The Morgan fingerprint density at radius 1 is 1.13 bits per heavy atom. The monoisotopic (exact) mass is 404 g/mol. The SMILES string of the molecule is O=C(NC1CCC1)[C@H]1[C@@H]2C[C@@H](CN(c3ccc4nccn4n3)C2)c2cccc(=O)n21. The molecule has 0 radical (unpaired) electrons. The minimum absolute atomic E-state index is 0.0161. The molecule has 2 aliphatic heterocycles. The van der Waals surface area contributed by atoms with Gasteiger partial charge in [0.2, 0.25) is 5.91 Å². The standard InChI is InChI=1S/C22H24N6O2/c29-20-6-2-5-17-14-11-15(21(28(17)20)22(30)24-16-3-1-4-16)13-26(12-14)19-8-7-18-23-9-10-27(18)25-19/h2,5-10,14-16,21H,1,3-4,11-13H2,(H,24,30)/t14-,15+,21+/m0/s1. The number of carbonyl (C=O) groups is 1. The van der Waals surface area contributed by atoms with Gasteiger partial charge in [-0.3, -0.25) is 14.2 Å². The fourth-order valence-electron chi connectivity index (χ4n) is 5.27. The summed E-state index contributed by atoms with van der Waals surface area (Å²) in [6, 6.07) is 9.12. The average Bonchev–Trinajstić information content (AvgIpc) is 3.19. The van der Waals surface area contributed by atoms with Gasteiger partial charge < -0.3 is 10.2 Å². The summed E-state index contributed by atoms with van der Waals surface area (Å²) in [4.78, 5) is 32.6. The lowest BCUT2D eigenvalue weighted by Gasteiger charge is -2.47. The predicted molar refractivity (Wildman–Crippen MR) is 112 cm³/mol. The minimum atomic E-state index is -0.467. The fraction of sp³-hybridized carbons (Fsp3) is 0.455. The highest BCUT2D eigenvalue weighted by molar-refractivity contribution is 5.81. The molecule has 5 heterocycles. The van der Waals surface area contributed by atoms with Crippen molar-refractivity contribution in [3.63, 3.8) is 0 Å². The molecule has 0 unspecified atom stereocenters. The lowest BCUT2D eigenvalue weighted by molar-refractivity contribution is -0.128. The highest BCUT2D eigenvalue weighted by Crippen LogP contribution is 2.42. The number of fused-ring (bicyclic) bond motifs is 5. The third-order valence-corrected chi connectivity index (χ3v) is 6.93. The summed E-state index contributed by atoms with van der Waals surface area (Å²) in [6.45, 7) is 1.48. The highest BCUT2D eigenvalue weighted by Gasteiger charge is 2.44. The first-order chi connectivity index (χ1) is 14.7. The van der Waals surface area contributed by atoms with Crippen LogP contribution in [0.25, 0.3) is 5.65 Å². The second-order valence-electron chi connectivity index (χ2n) is 8.76. The Balaban J connectivity index is 1.38. The Bertz CT molecular complexity index is 1180. The first-order valence-electron chi connectivity index (χ1n) is 10.7. The molecule has 1 aliphatic carbocycles. The molecule has 2 bridgehead atoms. The summed E-state index contributed by atoms with van der Waals surface area (Å²) < 4.78 is 3.54. The van der Waals surface area contributed by atoms with Gasteiger partial charge in [0.05, 0.1) is 0 Å². The number of nitrogens with zero attached hydrogens (tertiary/aromatic N) is 5. The third kappa shape index (κ3) is 2.74. The van der Waals surface area contributed by atoms with E-state index in [1.54, 1.807) is 21.3 Å². The lowest BCUT2D eigenvalue weighted by atomic mass is 9.78. The highest BCUT2D eigenvalue weighted by atomic mass is 16.2. The van der Waals surface area contributed by atoms with Crippen LogP contribution in [0.1, 0.15) is 43.3 Å². The maximum atomic E-state index is 13.3. The van der Waals surface area contributed by atoms with Crippen molar-refractivity contribution < 1.29 is 4.79 Å². The number of amides is 1. The van der Waals surface area contributed by atoms with Gasteiger partial charge in [-0.2, -0.15) is 0 Å². The molecule has 0 aromatic carbocycles. The molecular formula is C22H24N6O2. The van der Waals surface area contributed by atoms with Crippen LogP contribution in [-0.4, -0.2) is 44.2 Å². The van der Waals surface area contributed by atoms with E-state index in [-0.39, 0.29) is 29.3 Å². The van der Waals surface area contributed by atoms with Crippen LogP contribution in [0.15, 0.2) is 47.5 Å². The van der Waals surface area contributed by atoms with E-state index in [2.05, 4.69) is 15.2 Å². The molecule has 8 nitrogen and oxygen atoms in total. The zero-order chi connectivity index (χ0) is 20.2. The van der Waals surface area contributed by atoms with Crippen LogP contribution < -0.4 is 15.8 Å². The molecule has 6 rings (SSSR count). The predicted octanol–water partition coefficient (Wildman–Crippen LogP) is 1.72. The molecule has 1 saturated carbocycles. The van der Waals surface area contributed by atoms with Crippen molar-refractivity contribution in [1.29, 1.82) is 0 Å². The Hall–Kier alpha value is -3.16. The number of hydrogen-bond acceptors (Lipinski definition) is 5. The van der Waals surface area contributed by atoms with Gasteiger partial charge in [-0.05, 0) is 43.9 Å². The fourth-order valence-corrected chi connectivity index (χ4v) is 5.27. The summed E-state index contributed by atoms with van der Waals surface area (Å²) in [5.74, 6) is 1.13. The maximum absolute atomic E-state index is 13.3. The number of pyridine rings is 1. The summed E-state index contributed by atoms with van der Waals surface area (Å²) in [7, 11) is 0. The Morgan fingerprint density at radius 3 is 2.87 bits per heavy atom. The molecule has 0 spiro atoms. The average molecular weight is 404 g/mol. The van der Waals surface area contributed by atoms with Crippen LogP contribution in [0, 0.1) is 5.92 Å². The Kier molecular flexibility index (Phi) is 3.94. The van der Waals surface area contributed by atoms with E-state index in [0.29, 0.717) is 6.54 Å². The van der Waals surface area contributed by atoms with Crippen molar-refractivity contribution in [1.82, 2.24) is 24.5 Å². The van der Waals surface area contributed by atoms with Crippen LogP contribution in [0.2, 0.25) is 0 Å². The van der Waals surface area contributed by atoms with Crippen LogP contribution in [0.4, 0.5) is 5.82 Å². The molecule has 3 atom stereocenters. The number of hydrogen-bond donors (Lipinski definition) is 1. The van der Waals surface area contributed by atoms with Crippen LogP contribution in [-0.2, 0) is 4.79 Å². The van der Waals surface area contributed by atoms with E-state index in [9.17, 15) is 9.59 Å². The quantitative estimate of drug-likeness (QED) is 0.719. The van der Waals surface area contributed by atoms with Gasteiger partial charge in [-0.25, -0.2) is 9.50 Å². The van der Waals surface area contributed by atoms with Crippen molar-refractivity contribution in [2.75, 3.05) is 18.0 Å². The van der Waals surface area contributed by atoms with Gasteiger partial charge in [0, 0.05) is 55.1 Å². The Labute approximate surface area is 173 Å². The summed E-state index contributed by atoms with van der Waals surface area (Å²) in [5.41, 5.74) is 1.69. The summed E-state index contributed by atoms with van der Waals surface area (Å²) >= 11 is 0. The summed E-state index contributed by atoms with van der Waals surface area (Å²) in [6.07, 6.45) is 7.71. The Morgan fingerprint density at radius 2 is 2.03 bits per heavy atom. The second-order valence-corrected chi connectivity index (χ2v) is 8.76. The van der Waals surface area contributed by atoms with E-state index >= 15 is 0 Å². The van der Waals surface area contributed by atoms with E-state index in [1.165, 1.54) is 0 Å². The minimum Gasteiger partial charge on any atom is -0.354 e. The molecule has 154 valence electrons. The molecule has 8 heteroatoms. The largest absolute Gasteiger partial charge is 0.354 e. The van der Waals surface area contributed by atoms with Gasteiger partial charge in [0.25, 0.3) is 5.56 Å². The zero-order valence-corrected chi connectivity index (χ0v) is 16.6. The molecule has 3 aromatic heterocycles. The van der Waals surface area contributed by atoms with Crippen molar-refractivity contribution in [3.05, 3.63) is 58.8 Å². The lowest BCUT2D eigenvalue weighted by Crippen LogP contribution is -2.55. The second kappa shape index (κ2) is 6.68. The molecule has 3 aliphatic rings. The van der Waals surface area contributed by atoms with Gasteiger partial charge in [0.1, 0.15) is 11.9 Å². The number of rotatable bonds is 3. The van der Waals surface area contributed by atoms with Crippen molar-refractivity contribution in [2.45, 2.75) is 43.7 Å². The van der Waals surface area contributed by atoms with E-state index in [1.807, 2.05) is 30.5 Å². The van der Waals surface area contributed by atoms with Gasteiger partial charge in [-0.15, -0.1) is 5.10 Å². The van der Waals surface area contributed by atoms with E-state index in [0.717, 1.165) is 49.4 Å². The number of carbonyl (C=O) groups excluding carboxylic acids is 1. The van der Waals surface area contributed by atoms with E-state index in [4.69, 9.17) is 5.10 Å². The smallest absolute Gasteiger partial charge is 0.251 e. The van der Waals surface area contributed by atoms with Crippen molar-refractivity contribution >= 4 is 17.4 Å². The first-order valence-corrected chi connectivity index (χ1v) is 10.7. The van der Waals surface area contributed by atoms with Crippen LogP contribution in [0.3, 0.4) is 0 Å². The first kappa shape index (κ1) is 17.7. The van der Waals surface area contributed by atoms with Gasteiger partial charge in [0.15, 0.2) is 5.65 Å². The number of nitrogens with one attached hydrogen (secondary N) is 1.